The van der Waals surface area contributed by atoms with Crippen LogP contribution in [0.25, 0.3) is 0 Å². The molecule has 1 N–H and O–H groups in total. The molecule has 0 spiro atoms. The van der Waals surface area contributed by atoms with Crippen molar-refractivity contribution in [2.75, 3.05) is 31.6 Å². The lowest BCUT2D eigenvalue weighted by molar-refractivity contribution is 0.144. The van der Waals surface area contributed by atoms with Crippen LogP contribution in [0.15, 0.2) is 48.5 Å². The number of carbonyl (C=O) groups excluding carboxylic acids is 1. The smallest absolute Gasteiger partial charge is 0.321 e. The third-order valence-corrected chi connectivity index (χ3v) is 3.89. The fourth-order valence-electron chi connectivity index (χ4n) is 2.61. The van der Waals surface area contributed by atoms with Crippen LogP contribution in [0.1, 0.15) is 12.0 Å². The van der Waals surface area contributed by atoms with Crippen molar-refractivity contribution < 1.29 is 18.7 Å². The summed E-state index contributed by atoms with van der Waals surface area (Å²) in [6, 6.07) is 13.3. The average molecular weight is 344 g/mol. The molecule has 1 heterocycles. The second-order valence-corrected chi connectivity index (χ2v) is 5.83. The first-order valence-corrected chi connectivity index (χ1v) is 8.32. The monoisotopic (exact) mass is 344 g/mol. The van der Waals surface area contributed by atoms with Gasteiger partial charge in [-0.05, 0) is 36.2 Å². The molecule has 1 aliphatic heterocycles. The number of hydrogen-bond acceptors (Lipinski definition) is 3. The molecular weight excluding hydrogens is 323 g/mol. The summed E-state index contributed by atoms with van der Waals surface area (Å²) in [5, 5.41) is 2.90. The fourth-order valence-corrected chi connectivity index (χ4v) is 2.61. The first kappa shape index (κ1) is 17.2. The van der Waals surface area contributed by atoms with E-state index in [1.165, 1.54) is 12.1 Å². The van der Waals surface area contributed by atoms with E-state index in [9.17, 15) is 9.18 Å². The molecule has 0 bridgehead atoms. The summed E-state index contributed by atoms with van der Waals surface area (Å²) in [7, 11) is 0. The van der Waals surface area contributed by atoms with Gasteiger partial charge in [0.1, 0.15) is 18.2 Å². The van der Waals surface area contributed by atoms with Gasteiger partial charge in [0.25, 0.3) is 0 Å². The van der Waals surface area contributed by atoms with E-state index in [0.717, 1.165) is 12.0 Å². The molecule has 2 amide bonds. The number of rotatable bonds is 4. The lowest BCUT2D eigenvalue weighted by Crippen LogP contribution is -2.36. The summed E-state index contributed by atoms with van der Waals surface area (Å²) >= 11 is 0. The van der Waals surface area contributed by atoms with Gasteiger partial charge in [-0.3, -0.25) is 0 Å². The Hall–Kier alpha value is -2.60. The van der Waals surface area contributed by atoms with Crippen LogP contribution in [-0.2, 0) is 11.3 Å². The molecule has 1 aliphatic rings. The molecule has 6 heteroatoms. The van der Waals surface area contributed by atoms with E-state index in [0.29, 0.717) is 44.3 Å². The van der Waals surface area contributed by atoms with Gasteiger partial charge in [0.2, 0.25) is 0 Å². The van der Waals surface area contributed by atoms with Gasteiger partial charge in [-0.2, -0.15) is 0 Å². The summed E-state index contributed by atoms with van der Waals surface area (Å²) < 4.78 is 24.1. The number of nitrogens with zero attached hydrogens (tertiary/aromatic N) is 1. The fraction of sp³-hybridized carbons (Fsp3) is 0.316. The Morgan fingerprint density at radius 1 is 1.16 bits per heavy atom. The van der Waals surface area contributed by atoms with Crippen LogP contribution in [0.2, 0.25) is 0 Å². The van der Waals surface area contributed by atoms with Gasteiger partial charge >= 0.3 is 6.03 Å². The maximum absolute atomic E-state index is 13.2. The molecule has 0 saturated carbocycles. The lowest BCUT2D eigenvalue weighted by atomic mass is 10.2. The molecule has 1 fully saturated rings. The van der Waals surface area contributed by atoms with Crippen LogP contribution < -0.4 is 10.1 Å². The van der Waals surface area contributed by atoms with Crippen LogP contribution in [0, 0.1) is 5.82 Å². The van der Waals surface area contributed by atoms with Crippen LogP contribution in [-0.4, -0.2) is 37.2 Å². The SMILES string of the molecule is O=C(Nc1cccc(COc2cccc(F)c2)c1)N1CCCOCC1. The highest BCUT2D eigenvalue weighted by atomic mass is 19.1. The maximum Gasteiger partial charge on any atom is 0.321 e. The van der Waals surface area contributed by atoms with E-state index in [1.54, 1.807) is 17.0 Å². The zero-order valence-corrected chi connectivity index (χ0v) is 13.9. The van der Waals surface area contributed by atoms with E-state index in [4.69, 9.17) is 9.47 Å². The minimum absolute atomic E-state index is 0.131. The molecule has 3 rings (SSSR count). The average Bonchev–Trinajstić information content (AvgIpc) is 2.90. The largest absolute Gasteiger partial charge is 0.489 e. The standard InChI is InChI=1S/C19H21FN2O3/c20-16-5-2-7-18(13-16)25-14-15-4-1-6-17(12-15)21-19(23)22-8-3-10-24-11-9-22/h1-2,4-7,12-13H,3,8-11,14H2,(H,21,23). The van der Waals surface area contributed by atoms with E-state index >= 15 is 0 Å². The Morgan fingerprint density at radius 2 is 2.04 bits per heavy atom. The Morgan fingerprint density at radius 3 is 2.92 bits per heavy atom. The van der Waals surface area contributed by atoms with E-state index in [1.807, 2.05) is 24.3 Å². The molecule has 2 aromatic rings. The Kier molecular flexibility index (Phi) is 5.85. The van der Waals surface area contributed by atoms with E-state index < -0.39 is 0 Å². The molecule has 1 saturated heterocycles. The lowest BCUT2D eigenvalue weighted by Gasteiger charge is -2.20. The van der Waals surface area contributed by atoms with Gasteiger partial charge in [-0.1, -0.05) is 18.2 Å². The Balaban J connectivity index is 1.58. The third-order valence-electron chi connectivity index (χ3n) is 3.89. The Labute approximate surface area is 146 Å². The molecule has 132 valence electrons. The van der Waals surface area contributed by atoms with Crippen molar-refractivity contribution in [1.29, 1.82) is 0 Å². The number of nitrogens with one attached hydrogen (secondary N) is 1. The van der Waals surface area contributed by atoms with Crippen LogP contribution in [0.5, 0.6) is 5.75 Å². The Bertz CT molecular complexity index is 715. The molecule has 0 radical (unpaired) electrons. The number of halogens is 1. The molecule has 5 nitrogen and oxygen atoms in total. The van der Waals surface area contributed by atoms with Crippen molar-refractivity contribution in [2.24, 2.45) is 0 Å². The predicted octanol–water partition coefficient (Wildman–Crippen LogP) is 3.66. The highest BCUT2D eigenvalue weighted by molar-refractivity contribution is 5.89. The topological polar surface area (TPSA) is 50.8 Å². The highest BCUT2D eigenvalue weighted by Crippen LogP contribution is 2.17. The van der Waals surface area contributed by atoms with Crippen LogP contribution >= 0.6 is 0 Å². The van der Waals surface area contributed by atoms with Crippen LogP contribution in [0.3, 0.4) is 0 Å². The second kappa shape index (κ2) is 8.48. The molecule has 0 aromatic heterocycles. The molecule has 0 unspecified atom stereocenters. The summed E-state index contributed by atoms with van der Waals surface area (Å²) in [6.07, 6.45) is 0.842. The van der Waals surface area contributed by atoms with Crippen molar-refractivity contribution in [2.45, 2.75) is 13.0 Å². The van der Waals surface area contributed by atoms with Crippen molar-refractivity contribution in [3.63, 3.8) is 0 Å². The number of hydrogen-bond donors (Lipinski definition) is 1. The minimum Gasteiger partial charge on any atom is -0.489 e. The quantitative estimate of drug-likeness (QED) is 0.921. The first-order chi connectivity index (χ1) is 12.2. The van der Waals surface area contributed by atoms with Crippen LogP contribution in [0.4, 0.5) is 14.9 Å². The summed E-state index contributed by atoms with van der Waals surface area (Å²) in [5.41, 5.74) is 1.59. The summed E-state index contributed by atoms with van der Waals surface area (Å²) in [4.78, 5) is 14.1. The van der Waals surface area contributed by atoms with E-state index in [2.05, 4.69) is 5.32 Å². The third kappa shape index (κ3) is 5.19. The van der Waals surface area contributed by atoms with Gasteiger partial charge < -0.3 is 19.7 Å². The van der Waals surface area contributed by atoms with Gasteiger partial charge in [-0.15, -0.1) is 0 Å². The minimum atomic E-state index is -0.333. The maximum atomic E-state index is 13.2. The predicted molar refractivity (Wildman–Crippen MR) is 93.2 cm³/mol. The van der Waals surface area contributed by atoms with Crippen molar-refractivity contribution in [3.05, 3.63) is 59.9 Å². The van der Waals surface area contributed by atoms with Crippen molar-refractivity contribution in [1.82, 2.24) is 4.90 Å². The van der Waals surface area contributed by atoms with E-state index in [-0.39, 0.29) is 11.8 Å². The number of anilines is 1. The first-order valence-electron chi connectivity index (χ1n) is 8.32. The second-order valence-electron chi connectivity index (χ2n) is 5.83. The van der Waals surface area contributed by atoms with Crippen molar-refractivity contribution in [3.8, 4) is 5.75 Å². The van der Waals surface area contributed by atoms with Crippen molar-refractivity contribution >= 4 is 11.7 Å². The summed E-state index contributed by atoms with van der Waals surface area (Å²) in [5.74, 6) is 0.138. The van der Waals surface area contributed by atoms with Gasteiger partial charge in [0.15, 0.2) is 0 Å². The molecule has 25 heavy (non-hydrogen) atoms. The zero-order valence-electron chi connectivity index (χ0n) is 13.9. The highest BCUT2D eigenvalue weighted by Gasteiger charge is 2.15. The van der Waals surface area contributed by atoms with Gasteiger partial charge in [0.05, 0.1) is 6.61 Å². The number of amides is 2. The number of benzene rings is 2. The number of urea groups is 1. The normalized spacial score (nSPS) is 14.7. The summed E-state index contributed by atoms with van der Waals surface area (Å²) in [6.45, 7) is 2.83. The van der Waals surface area contributed by atoms with Gasteiger partial charge in [0, 0.05) is 31.5 Å². The molecule has 2 aromatic carbocycles. The number of ether oxygens (including phenoxy) is 2. The number of carbonyl (C=O) groups is 1. The molecule has 0 aliphatic carbocycles. The zero-order chi connectivity index (χ0) is 17.5. The molecular formula is C19H21FN2O3. The van der Waals surface area contributed by atoms with Gasteiger partial charge in [-0.25, -0.2) is 9.18 Å². The molecule has 0 atom stereocenters.